The number of ether oxygens (including phenoxy) is 1. The predicted octanol–water partition coefficient (Wildman–Crippen LogP) is 2.80. The molecule has 2 heterocycles. The first-order valence-electron chi connectivity index (χ1n) is 6.42. The zero-order valence-electron chi connectivity index (χ0n) is 10.5. The Labute approximate surface area is 106 Å². The maximum Gasteiger partial charge on any atom is 0.195 e. The molecule has 2 aliphatic rings. The lowest BCUT2D eigenvalue weighted by atomic mass is 9.89. The Kier molecular flexibility index (Phi) is 2.63. The van der Waals surface area contributed by atoms with E-state index in [0.717, 1.165) is 10.6 Å². The number of aromatic nitrogens is 3. The van der Waals surface area contributed by atoms with Crippen LogP contribution in [0.4, 0.5) is 0 Å². The van der Waals surface area contributed by atoms with Gasteiger partial charge in [-0.25, -0.2) is 0 Å². The van der Waals surface area contributed by atoms with E-state index in [1.807, 2.05) is 0 Å². The topological polar surface area (TPSA) is 42.8 Å². The lowest BCUT2D eigenvalue weighted by molar-refractivity contribution is 0.0551. The van der Waals surface area contributed by atoms with Crippen LogP contribution in [-0.4, -0.2) is 27.0 Å². The quantitative estimate of drug-likeness (QED) is 0.824. The van der Waals surface area contributed by atoms with Crippen molar-refractivity contribution in [2.24, 2.45) is 5.92 Å². The van der Waals surface area contributed by atoms with E-state index in [4.69, 9.17) is 17.0 Å². The van der Waals surface area contributed by atoms with Crippen LogP contribution in [0.5, 0.6) is 0 Å². The molecule has 0 amide bonds. The summed E-state index contributed by atoms with van der Waals surface area (Å²) >= 11 is 5.34. The summed E-state index contributed by atoms with van der Waals surface area (Å²) in [5, 5.41) is 7.41. The van der Waals surface area contributed by atoms with Crippen LogP contribution in [0.3, 0.4) is 0 Å². The van der Waals surface area contributed by atoms with Gasteiger partial charge in [-0.05, 0) is 44.8 Å². The third-order valence-corrected chi connectivity index (χ3v) is 4.47. The molecule has 1 aliphatic carbocycles. The van der Waals surface area contributed by atoms with Gasteiger partial charge in [0.2, 0.25) is 0 Å². The molecule has 4 nitrogen and oxygen atoms in total. The summed E-state index contributed by atoms with van der Waals surface area (Å²) in [5.41, 5.74) is 0. The molecule has 0 spiro atoms. The summed E-state index contributed by atoms with van der Waals surface area (Å²) < 4.78 is 8.89. The molecular formula is C12H19N3OS. The first kappa shape index (κ1) is 11.4. The van der Waals surface area contributed by atoms with Crippen molar-refractivity contribution in [1.82, 2.24) is 14.8 Å². The number of nitrogens with one attached hydrogen (secondary N) is 1. The van der Waals surface area contributed by atoms with Gasteiger partial charge < -0.3 is 9.30 Å². The fourth-order valence-corrected chi connectivity index (χ4v) is 3.24. The van der Waals surface area contributed by atoms with Crippen LogP contribution >= 0.6 is 12.2 Å². The van der Waals surface area contributed by atoms with Crippen LogP contribution in [-0.2, 0) is 4.74 Å². The van der Waals surface area contributed by atoms with Crippen LogP contribution < -0.4 is 0 Å². The first-order chi connectivity index (χ1) is 8.09. The number of hydrogen-bond acceptors (Lipinski definition) is 3. The lowest BCUT2D eigenvalue weighted by Crippen LogP contribution is -2.19. The molecule has 0 bridgehead atoms. The molecule has 1 saturated carbocycles. The maximum atomic E-state index is 5.90. The Bertz CT molecular complexity index is 476. The highest BCUT2D eigenvalue weighted by molar-refractivity contribution is 7.71. The molecule has 2 fully saturated rings. The zero-order valence-corrected chi connectivity index (χ0v) is 11.3. The second kappa shape index (κ2) is 3.92. The van der Waals surface area contributed by atoms with Gasteiger partial charge in [0.25, 0.3) is 0 Å². The smallest absolute Gasteiger partial charge is 0.195 e. The minimum absolute atomic E-state index is 0.225. The van der Waals surface area contributed by atoms with Crippen molar-refractivity contribution >= 4 is 12.2 Å². The predicted molar refractivity (Wildman–Crippen MR) is 67.6 cm³/mol. The first-order valence-corrected chi connectivity index (χ1v) is 6.82. The summed E-state index contributed by atoms with van der Waals surface area (Å²) in [6.45, 7) is 6.53. The molecule has 94 valence electrons. The number of rotatable bonds is 2. The Balaban J connectivity index is 2.01. The molecule has 0 aromatic carbocycles. The number of hydrogen-bond donors (Lipinski definition) is 1. The third kappa shape index (κ3) is 1.76. The normalized spacial score (nSPS) is 37.6. The van der Waals surface area contributed by atoms with Gasteiger partial charge in [-0.3, -0.25) is 5.10 Å². The van der Waals surface area contributed by atoms with Crippen molar-refractivity contribution < 1.29 is 4.74 Å². The minimum Gasteiger partial charge on any atom is -0.374 e. The van der Waals surface area contributed by atoms with Crippen molar-refractivity contribution in [3.8, 4) is 0 Å². The lowest BCUT2D eigenvalue weighted by Gasteiger charge is -2.18. The minimum atomic E-state index is 0.225. The molecule has 4 unspecified atom stereocenters. The van der Waals surface area contributed by atoms with Gasteiger partial charge in [0.15, 0.2) is 4.77 Å². The van der Waals surface area contributed by atoms with Crippen LogP contribution in [0, 0.1) is 10.7 Å². The number of H-pyrrole nitrogens is 1. The molecule has 1 aromatic rings. The molecule has 1 saturated heterocycles. The van der Waals surface area contributed by atoms with E-state index >= 15 is 0 Å². The highest BCUT2D eigenvalue weighted by atomic mass is 32.1. The summed E-state index contributed by atoms with van der Waals surface area (Å²) in [4.78, 5) is 0. The van der Waals surface area contributed by atoms with Crippen LogP contribution in [0.25, 0.3) is 0 Å². The van der Waals surface area contributed by atoms with Gasteiger partial charge in [-0.15, -0.1) is 0 Å². The molecule has 17 heavy (non-hydrogen) atoms. The highest BCUT2D eigenvalue weighted by Gasteiger charge is 2.42. The second-order valence-corrected chi connectivity index (χ2v) is 5.81. The maximum absolute atomic E-state index is 5.90. The van der Waals surface area contributed by atoms with E-state index < -0.39 is 0 Å². The SMILES string of the molecule is CC1OC(C)C(c2n[nH]c(=S)n2C2CC2)C1C. The average Bonchev–Trinajstić information content (AvgIpc) is 2.99. The molecule has 5 heteroatoms. The van der Waals surface area contributed by atoms with Crippen molar-refractivity contribution in [2.75, 3.05) is 0 Å². The van der Waals surface area contributed by atoms with Crippen LogP contribution in [0.2, 0.25) is 0 Å². The number of nitrogens with zero attached hydrogens (tertiary/aromatic N) is 2. The van der Waals surface area contributed by atoms with Gasteiger partial charge in [-0.1, -0.05) is 6.92 Å². The highest BCUT2D eigenvalue weighted by Crippen LogP contribution is 2.43. The Morgan fingerprint density at radius 2 is 2.00 bits per heavy atom. The molecule has 1 aromatic heterocycles. The molecule has 1 aliphatic heterocycles. The van der Waals surface area contributed by atoms with Gasteiger partial charge in [0, 0.05) is 6.04 Å². The largest absolute Gasteiger partial charge is 0.374 e. The Morgan fingerprint density at radius 3 is 2.53 bits per heavy atom. The fourth-order valence-electron chi connectivity index (χ4n) is 2.95. The van der Waals surface area contributed by atoms with Gasteiger partial charge in [0.1, 0.15) is 5.82 Å². The molecule has 4 atom stereocenters. The van der Waals surface area contributed by atoms with E-state index in [1.165, 1.54) is 12.8 Å². The van der Waals surface area contributed by atoms with Crippen molar-refractivity contribution in [2.45, 2.75) is 57.8 Å². The van der Waals surface area contributed by atoms with Crippen LogP contribution in [0.15, 0.2) is 0 Å². The summed E-state index contributed by atoms with van der Waals surface area (Å²) in [5.74, 6) is 1.95. The van der Waals surface area contributed by atoms with E-state index in [2.05, 4.69) is 35.5 Å². The second-order valence-electron chi connectivity index (χ2n) is 5.42. The zero-order chi connectivity index (χ0) is 12.2. The number of aromatic amines is 1. The van der Waals surface area contributed by atoms with Crippen molar-refractivity contribution in [3.63, 3.8) is 0 Å². The molecule has 1 N–H and O–H groups in total. The van der Waals surface area contributed by atoms with E-state index in [1.54, 1.807) is 0 Å². The standard InChI is InChI=1S/C12H19N3OS/c1-6-7(2)16-8(3)10(6)11-13-14-12(17)15(11)9-4-5-9/h6-10H,4-5H2,1-3H3,(H,14,17). The van der Waals surface area contributed by atoms with E-state index in [-0.39, 0.29) is 6.10 Å². The molecular weight excluding hydrogens is 234 g/mol. The molecule has 3 rings (SSSR count). The van der Waals surface area contributed by atoms with E-state index in [9.17, 15) is 0 Å². The summed E-state index contributed by atoms with van der Waals surface area (Å²) in [6.07, 6.45) is 2.98. The Hall–Kier alpha value is -0.680. The monoisotopic (exact) mass is 253 g/mol. The average molecular weight is 253 g/mol. The van der Waals surface area contributed by atoms with Gasteiger partial charge >= 0.3 is 0 Å². The van der Waals surface area contributed by atoms with Crippen LogP contribution in [0.1, 0.15) is 51.4 Å². The summed E-state index contributed by atoms with van der Waals surface area (Å²) in [7, 11) is 0. The van der Waals surface area contributed by atoms with Gasteiger partial charge in [0.05, 0.1) is 18.1 Å². The summed E-state index contributed by atoms with van der Waals surface area (Å²) in [6, 6.07) is 0.576. The third-order valence-electron chi connectivity index (χ3n) is 4.18. The fraction of sp³-hybridized carbons (Fsp3) is 0.833. The van der Waals surface area contributed by atoms with Crippen molar-refractivity contribution in [3.05, 3.63) is 10.6 Å². The Morgan fingerprint density at radius 1 is 1.29 bits per heavy atom. The van der Waals surface area contributed by atoms with E-state index in [0.29, 0.717) is 24.0 Å². The van der Waals surface area contributed by atoms with Gasteiger partial charge in [-0.2, -0.15) is 5.10 Å². The van der Waals surface area contributed by atoms with Crippen molar-refractivity contribution in [1.29, 1.82) is 0 Å². The molecule has 0 radical (unpaired) electrons.